The van der Waals surface area contributed by atoms with Gasteiger partial charge in [-0.25, -0.2) is 0 Å². The fourth-order valence-corrected chi connectivity index (χ4v) is 1.89. The number of carbonyl (C=O) groups excluding carboxylic acids is 2. The Balaban J connectivity index is 2.81. The number of rotatable bonds is 3. The van der Waals surface area contributed by atoms with Gasteiger partial charge in [0, 0.05) is 5.92 Å². The lowest BCUT2D eigenvalue weighted by molar-refractivity contribution is -0.160. The minimum atomic E-state index is -0.808. The first-order chi connectivity index (χ1) is 7.10. The Labute approximate surface area is 89.2 Å². The number of esters is 2. The molecular formula is C11H16O4. The second-order valence-electron chi connectivity index (χ2n) is 3.74. The van der Waals surface area contributed by atoms with E-state index in [9.17, 15) is 9.59 Å². The fourth-order valence-electron chi connectivity index (χ4n) is 1.89. The van der Waals surface area contributed by atoms with Gasteiger partial charge in [0.25, 0.3) is 0 Å². The van der Waals surface area contributed by atoms with Crippen molar-refractivity contribution in [2.45, 2.75) is 19.8 Å². The van der Waals surface area contributed by atoms with Crippen LogP contribution in [0.4, 0.5) is 0 Å². The molecule has 4 nitrogen and oxygen atoms in total. The van der Waals surface area contributed by atoms with E-state index < -0.39 is 17.9 Å². The van der Waals surface area contributed by atoms with Gasteiger partial charge in [-0.3, -0.25) is 9.59 Å². The van der Waals surface area contributed by atoms with E-state index >= 15 is 0 Å². The molecule has 1 rings (SSSR count). The van der Waals surface area contributed by atoms with E-state index in [1.165, 1.54) is 19.8 Å². The van der Waals surface area contributed by atoms with Crippen molar-refractivity contribution >= 4 is 11.9 Å². The van der Waals surface area contributed by atoms with Gasteiger partial charge in [0.15, 0.2) is 5.92 Å². The van der Waals surface area contributed by atoms with Crippen LogP contribution in [0, 0.1) is 11.8 Å². The Morgan fingerprint density at radius 1 is 1.33 bits per heavy atom. The molecule has 0 unspecified atom stereocenters. The lowest BCUT2D eigenvalue weighted by Gasteiger charge is -2.17. The molecule has 0 aromatic rings. The number of hydrogen-bond donors (Lipinski definition) is 0. The SMILES string of the molecule is COC(=O)C(C(=O)OC)[C@H]1C=C(C)CC1. The van der Waals surface area contributed by atoms with Crippen molar-refractivity contribution in [1.82, 2.24) is 0 Å². The highest BCUT2D eigenvalue weighted by molar-refractivity contribution is 5.95. The molecule has 0 fully saturated rings. The Bertz CT molecular complexity index is 277. The molecule has 4 heteroatoms. The standard InChI is InChI=1S/C11H16O4/c1-7-4-5-8(6-7)9(10(12)14-2)11(13)15-3/h6,8-9H,4-5H2,1-3H3/t8-/m1/s1. The first kappa shape index (κ1) is 11.8. The van der Waals surface area contributed by atoms with Crippen LogP contribution in [-0.4, -0.2) is 26.2 Å². The first-order valence-electron chi connectivity index (χ1n) is 4.93. The van der Waals surface area contributed by atoms with E-state index in [-0.39, 0.29) is 5.92 Å². The van der Waals surface area contributed by atoms with Crippen molar-refractivity contribution in [1.29, 1.82) is 0 Å². The van der Waals surface area contributed by atoms with Crippen LogP contribution in [0.15, 0.2) is 11.6 Å². The normalized spacial score (nSPS) is 20.0. The van der Waals surface area contributed by atoms with Crippen LogP contribution in [0.25, 0.3) is 0 Å². The number of methoxy groups -OCH3 is 2. The summed E-state index contributed by atoms with van der Waals surface area (Å²) in [5, 5.41) is 0. The van der Waals surface area contributed by atoms with Crippen molar-refractivity contribution in [3.05, 3.63) is 11.6 Å². The monoisotopic (exact) mass is 212 g/mol. The smallest absolute Gasteiger partial charge is 0.320 e. The van der Waals surface area contributed by atoms with Crippen molar-refractivity contribution in [3.8, 4) is 0 Å². The van der Waals surface area contributed by atoms with Crippen LogP contribution in [0.2, 0.25) is 0 Å². The highest BCUT2D eigenvalue weighted by Crippen LogP contribution is 2.31. The molecule has 0 aliphatic heterocycles. The van der Waals surface area contributed by atoms with Crippen LogP contribution < -0.4 is 0 Å². The van der Waals surface area contributed by atoms with Gasteiger partial charge in [-0.15, -0.1) is 0 Å². The summed E-state index contributed by atoms with van der Waals surface area (Å²) in [7, 11) is 2.56. The highest BCUT2D eigenvalue weighted by atomic mass is 16.5. The van der Waals surface area contributed by atoms with Gasteiger partial charge in [-0.2, -0.15) is 0 Å². The van der Waals surface area contributed by atoms with Crippen LogP contribution in [-0.2, 0) is 19.1 Å². The third-order valence-electron chi connectivity index (χ3n) is 2.71. The second-order valence-corrected chi connectivity index (χ2v) is 3.74. The Morgan fingerprint density at radius 3 is 2.20 bits per heavy atom. The van der Waals surface area contributed by atoms with Gasteiger partial charge in [0.1, 0.15) is 0 Å². The molecule has 0 saturated carbocycles. The molecule has 1 aliphatic carbocycles. The van der Waals surface area contributed by atoms with E-state index in [1.807, 2.05) is 13.0 Å². The van der Waals surface area contributed by atoms with Gasteiger partial charge < -0.3 is 9.47 Å². The summed E-state index contributed by atoms with van der Waals surface area (Å²) in [6, 6.07) is 0. The van der Waals surface area contributed by atoms with E-state index in [1.54, 1.807) is 0 Å². The lowest BCUT2D eigenvalue weighted by Crippen LogP contribution is -2.31. The summed E-state index contributed by atoms with van der Waals surface area (Å²) in [6.07, 6.45) is 3.69. The molecule has 0 radical (unpaired) electrons. The maximum absolute atomic E-state index is 11.5. The van der Waals surface area contributed by atoms with Crippen LogP contribution >= 0.6 is 0 Å². The summed E-state index contributed by atoms with van der Waals surface area (Å²) in [4.78, 5) is 22.9. The minimum Gasteiger partial charge on any atom is -0.468 e. The second kappa shape index (κ2) is 4.96. The molecule has 1 aliphatic rings. The van der Waals surface area contributed by atoms with E-state index in [2.05, 4.69) is 9.47 Å². The van der Waals surface area contributed by atoms with Gasteiger partial charge in [0.2, 0.25) is 0 Å². The topological polar surface area (TPSA) is 52.6 Å². The van der Waals surface area contributed by atoms with Crippen LogP contribution in [0.1, 0.15) is 19.8 Å². The number of allylic oxidation sites excluding steroid dienone is 2. The third kappa shape index (κ3) is 2.58. The maximum atomic E-state index is 11.5. The van der Waals surface area contributed by atoms with Crippen LogP contribution in [0.5, 0.6) is 0 Å². The molecule has 0 aromatic heterocycles. The Hall–Kier alpha value is -1.32. The molecule has 0 saturated heterocycles. The minimum absolute atomic E-state index is 0.0788. The summed E-state index contributed by atoms with van der Waals surface area (Å²) in [5.74, 6) is -1.92. The summed E-state index contributed by atoms with van der Waals surface area (Å²) >= 11 is 0. The average Bonchev–Trinajstić information content (AvgIpc) is 2.64. The highest BCUT2D eigenvalue weighted by Gasteiger charge is 2.37. The fraction of sp³-hybridized carbons (Fsp3) is 0.636. The van der Waals surface area contributed by atoms with Crippen LogP contribution in [0.3, 0.4) is 0 Å². The Morgan fingerprint density at radius 2 is 1.87 bits per heavy atom. The summed E-state index contributed by atoms with van der Waals surface area (Å²) < 4.78 is 9.23. The number of hydrogen-bond acceptors (Lipinski definition) is 4. The zero-order valence-electron chi connectivity index (χ0n) is 9.28. The molecule has 0 bridgehead atoms. The molecule has 0 N–H and O–H groups in total. The average molecular weight is 212 g/mol. The van der Waals surface area contributed by atoms with Gasteiger partial charge >= 0.3 is 11.9 Å². The Kier molecular flexibility index (Phi) is 3.88. The van der Waals surface area contributed by atoms with Gasteiger partial charge in [-0.05, 0) is 19.8 Å². The van der Waals surface area contributed by atoms with E-state index in [4.69, 9.17) is 0 Å². The van der Waals surface area contributed by atoms with Crippen molar-refractivity contribution in [3.63, 3.8) is 0 Å². The zero-order chi connectivity index (χ0) is 11.4. The maximum Gasteiger partial charge on any atom is 0.320 e. The molecule has 15 heavy (non-hydrogen) atoms. The third-order valence-corrected chi connectivity index (χ3v) is 2.71. The molecule has 0 spiro atoms. The van der Waals surface area contributed by atoms with E-state index in [0.717, 1.165) is 12.8 Å². The molecule has 84 valence electrons. The summed E-state index contributed by atoms with van der Waals surface area (Å²) in [6.45, 7) is 1.99. The van der Waals surface area contributed by atoms with Gasteiger partial charge in [-0.1, -0.05) is 11.6 Å². The molecule has 0 heterocycles. The molecule has 0 amide bonds. The van der Waals surface area contributed by atoms with Crippen molar-refractivity contribution in [2.75, 3.05) is 14.2 Å². The lowest BCUT2D eigenvalue weighted by atomic mass is 9.92. The molecule has 1 atom stereocenters. The van der Waals surface area contributed by atoms with Crippen molar-refractivity contribution < 1.29 is 19.1 Å². The predicted octanol–water partition coefficient (Wildman–Crippen LogP) is 1.30. The first-order valence-corrected chi connectivity index (χ1v) is 4.93. The molecular weight excluding hydrogens is 196 g/mol. The molecule has 0 aromatic carbocycles. The number of carbonyl (C=O) groups is 2. The van der Waals surface area contributed by atoms with E-state index in [0.29, 0.717) is 0 Å². The van der Waals surface area contributed by atoms with Gasteiger partial charge in [0.05, 0.1) is 14.2 Å². The quantitative estimate of drug-likeness (QED) is 0.402. The number of ether oxygens (including phenoxy) is 2. The zero-order valence-corrected chi connectivity index (χ0v) is 9.28. The summed E-state index contributed by atoms with van der Waals surface area (Å²) in [5.41, 5.74) is 1.21. The van der Waals surface area contributed by atoms with Crippen molar-refractivity contribution in [2.24, 2.45) is 11.8 Å². The largest absolute Gasteiger partial charge is 0.468 e. The predicted molar refractivity (Wildman–Crippen MR) is 54.0 cm³/mol.